The van der Waals surface area contributed by atoms with Crippen molar-refractivity contribution < 1.29 is 36.6 Å². The van der Waals surface area contributed by atoms with Gasteiger partial charge in [-0.15, -0.1) is 0 Å². The van der Waals surface area contributed by atoms with Crippen LogP contribution in [0.3, 0.4) is 0 Å². The zero-order valence-electron chi connectivity index (χ0n) is 25.8. The van der Waals surface area contributed by atoms with Gasteiger partial charge in [0, 0.05) is 25.4 Å². The third kappa shape index (κ3) is 9.08. The monoisotopic (exact) mass is 661 g/mol. The van der Waals surface area contributed by atoms with E-state index in [4.69, 9.17) is 14.2 Å². The van der Waals surface area contributed by atoms with Crippen molar-refractivity contribution in [3.05, 3.63) is 120 Å². The first kappa shape index (κ1) is 33.4. The summed E-state index contributed by atoms with van der Waals surface area (Å²) in [6, 6.07) is 25.8. The first-order valence-electron chi connectivity index (χ1n) is 15.1. The SMILES string of the molecule is COc1ccc(CN(C(=O)COc2ccc(S(=O)(=O)Nc3ccc(F)cc3)cc2)[C@H](C(=O)NC[C@H]2CCCO2)c2ccccc2)cc1. The largest absolute Gasteiger partial charge is 0.497 e. The molecule has 47 heavy (non-hydrogen) atoms. The number of hydrogen-bond acceptors (Lipinski definition) is 7. The van der Waals surface area contributed by atoms with Gasteiger partial charge in [0.25, 0.3) is 15.9 Å². The summed E-state index contributed by atoms with van der Waals surface area (Å²) in [5.74, 6) is -0.390. The van der Waals surface area contributed by atoms with E-state index in [0.717, 1.165) is 30.5 Å². The lowest BCUT2D eigenvalue weighted by Gasteiger charge is -2.32. The highest BCUT2D eigenvalue weighted by Gasteiger charge is 2.32. The van der Waals surface area contributed by atoms with E-state index in [1.54, 1.807) is 31.4 Å². The summed E-state index contributed by atoms with van der Waals surface area (Å²) in [5.41, 5.74) is 1.61. The first-order chi connectivity index (χ1) is 22.7. The third-order valence-electron chi connectivity index (χ3n) is 7.63. The molecule has 246 valence electrons. The first-order valence-corrected chi connectivity index (χ1v) is 16.6. The molecule has 0 aliphatic carbocycles. The van der Waals surface area contributed by atoms with Crippen LogP contribution >= 0.6 is 0 Å². The standard InChI is InChI=1S/C35H36FN3O7S/c1-44-29-15-9-25(10-16-29)23-39(34(26-6-3-2-4-7-26)35(41)37-22-31-8-5-21-45-31)33(40)24-46-30-17-19-32(20-18-30)47(42,43)38-28-13-11-27(36)12-14-28/h2-4,6-7,9-20,31,34,38H,5,8,21-24H2,1H3,(H,37,41)/t31-,34+/m1/s1. The summed E-state index contributed by atoms with van der Waals surface area (Å²) in [6.07, 6.45) is 1.70. The highest BCUT2D eigenvalue weighted by atomic mass is 32.2. The molecule has 0 saturated carbocycles. The lowest BCUT2D eigenvalue weighted by molar-refractivity contribution is -0.143. The van der Waals surface area contributed by atoms with Gasteiger partial charge in [0.15, 0.2) is 6.61 Å². The molecule has 1 fully saturated rings. The van der Waals surface area contributed by atoms with Crippen molar-refractivity contribution in [2.75, 3.05) is 31.6 Å². The fraction of sp³-hybridized carbons (Fsp3) is 0.257. The van der Waals surface area contributed by atoms with E-state index in [0.29, 0.717) is 24.5 Å². The van der Waals surface area contributed by atoms with Crippen molar-refractivity contribution in [2.45, 2.75) is 36.4 Å². The number of nitrogens with one attached hydrogen (secondary N) is 2. The maximum absolute atomic E-state index is 13.9. The maximum atomic E-state index is 13.9. The molecule has 1 heterocycles. The van der Waals surface area contributed by atoms with Crippen LogP contribution in [-0.2, 0) is 30.9 Å². The van der Waals surface area contributed by atoms with Crippen molar-refractivity contribution in [3.8, 4) is 11.5 Å². The number of methoxy groups -OCH3 is 1. The van der Waals surface area contributed by atoms with Crippen molar-refractivity contribution in [1.29, 1.82) is 0 Å². The van der Waals surface area contributed by atoms with Gasteiger partial charge >= 0.3 is 0 Å². The fourth-order valence-corrected chi connectivity index (χ4v) is 6.21. The lowest BCUT2D eigenvalue weighted by Crippen LogP contribution is -2.46. The Bertz CT molecular complexity index is 1730. The summed E-state index contributed by atoms with van der Waals surface area (Å²) in [4.78, 5) is 29.1. The number of hydrogen-bond donors (Lipinski definition) is 2. The van der Waals surface area contributed by atoms with Crippen LogP contribution in [0.25, 0.3) is 0 Å². The van der Waals surface area contributed by atoms with E-state index < -0.39 is 34.4 Å². The van der Waals surface area contributed by atoms with E-state index in [1.807, 2.05) is 30.3 Å². The highest BCUT2D eigenvalue weighted by molar-refractivity contribution is 7.92. The Kier molecular flexibility index (Phi) is 11.1. The maximum Gasteiger partial charge on any atom is 0.261 e. The second-order valence-electron chi connectivity index (χ2n) is 10.9. The molecule has 1 saturated heterocycles. The Hall–Kier alpha value is -4.94. The van der Waals surface area contributed by atoms with E-state index in [9.17, 15) is 22.4 Å². The molecule has 2 atom stereocenters. The van der Waals surface area contributed by atoms with Gasteiger partial charge in [-0.3, -0.25) is 14.3 Å². The molecule has 2 N–H and O–H groups in total. The van der Waals surface area contributed by atoms with Crippen LogP contribution in [0.1, 0.15) is 30.0 Å². The van der Waals surface area contributed by atoms with Crippen LogP contribution in [0.2, 0.25) is 0 Å². The lowest BCUT2D eigenvalue weighted by atomic mass is 10.0. The Morgan fingerprint density at radius 2 is 1.62 bits per heavy atom. The van der Waals surface area contributed by atoms with E-state index in [-0.39, 0.29) is 34.9 Å². The van der Waals surface area contributed by atoms with Crippen LogP contribution in [-0.4, -0.2) is 58.1 Å². The Morgan fingerprint density at radius 1 is 0.936 bits per heavy atom. The number of ether oxygens (including phenoxy) is 3. The normalized spacial score (nSPS) is 15.0. The summed E-state index contributed by atoms with van der Waals surface area (Å²) in [7, 11) is -2.39. The van der Waals surface area contributed by atoms with Crippen LogP contribution in [0.15, 0.2) is 108 Å². The second kappa shape index (κ2) is 15.6. The molecular formula is C35H36FN3O7S. The molecule has 1 aliphatic rings. The highest BCUT2D eigenvalue weighted by Crippen LogP contribution is 2.26. The average Bonchev–Trinajstić information content (AvgIpc) is 3.62. The van der Waals surface area contributed by atoms with Gasteiger partial charge in [-0.05, 0) is 84.6 Å². The zero-order chi connectivity index (χ0) is 33.2. The number of carbonyl (C=O) groups excluding carboxylic acids is 2. The van der Waals surface area contributed by atoms with Gasteiger partial charge in [0.2, 0.25) is 5.91 Å². The van der Waals surface area contributed by atoms with Gasteiger partial charge in [0.1, 0.15) is 23.4 Å². The minimum Gasteiger partial charge on any atom is -0.497 e. The number of benzene rings is 4. The minimum absolute atomic E-state index is 0.0475. The number of carbonyl (C=O) groups is 2. The molecule has 4 aromatic rings. The van der Waals surface area contributed by atoms with E-state index in [2.05, 4.69) is 10.0 Å². The van der Waals surface area contributed by atoms with Crippen molar-refractivity contribution in [1.82, 2.24) is 10.2 Å². The second-order valence-corrected chi connectivity index (χ2v) is 12.6. The summed E-state index contributed by atoms with van der Waals surface area (Å²) in [6.45, 7) is 0.665. The van der Waals surface area contributed by atoms with Crippen molar-refractivity contribution >= 4 is 27.5 Å². The Labute approximate surface area is 273 Å². The molecule has 2 amide bonds. The molecule has 0 radical (unpaired) electrons. The van der Waals surface area contributed by atoms with Gasteiger partial charge in [0.05, 0.1) is 18.1 Å². The van der Waals surface area contributed by atoms with E-state index >= 15 is 0 Å². The Balaban J connectivity index is 1.34. The number of anilines is 1. The Morgan fingerprint density at radius 3 is 2.26 bits per heavy atom. The predicted octanol–water partition coefficient (Wildman–Crippen LogP) is 5.08. The minimum atomic E-state index is -3.96. The quantitative estimate of drug-likeness (QED) is 0.193. The molecule has 0 bridgehead atoms. The van der Waals surface area contributed by atoms with Crippen molar-refractivity contribution in [2.24, 2.45) is 0 Å². The summed E-state index contributed by atoms with van der Waals surface area (Å²) >= 11 is 0. The summed E-state index contributed by atoms with van der Waals surface area (Å²) in [5, 5.41) is 2.98. The average molecular weight is 662 g/mol. The molecule has 4 aromatic carbocycles. The molecule has 0 spiro atoms. The fourth-order valence-electron chi connectivity index (χ4n) is 5.15. The van der Waals surface area contributed by atoms with Crippen LogP contribution in [0.4, 0.5) is 10.1 Å². The van der Waals surface area contributed by atoms with Crippen LogP contribution < -0.4 is 19.5 Å². The van der Waals surface area contributed by atoms with Gasteiger partial charge < -0.3 is 24.4 Å². The number of halogens is 1. The molecule has 0 aromatic heterocycles. The van der Waals surface area contributed by atoms with E-state index in [1.165, 1.54) is 41.3 Å². The number of nitrogens with zero attached hydrogens (tertiary/aromatic N) is 1. The van der Waals surface area contributed by atoms with Crippen LogP contribution in [0.5, 0.6) is 11.5 Å². The molecule has 0 unspecified atom stereocenters. The van der Waals surface area contributed by atoms with Gasteiger partial charge in [-0.1, -0.05) is 42.5 Å². The summed E-state index contributed by atoms with van der Waals surface area (Å²) < 4.78 is 58.0. The zero-order valence-corrected chi connectivity index (χ0v) is 26.6. The number of sulfonamides is 1. The van der Waals surface area contributed by atoms with Gasteiger partial charge in [-0.25, -0.2) is 12.8 Å². The molecule has 1 aliphatic heterocycles. The number of rotatable bonds is 14. The van der Waals surface area contributed by atoms with Crippen LogP contribution in [0, 0.1) is 5.82 Å². The molecular weight excluding hydrogens is 625 g/mol. The smallest absolute Gasteiger partial charge is 0.261 e. The molecule has 10 nitrogen and oxygen atoms in total. The molecule has 12 heteroatoms. The molecule has 5 rings (SSSR count). The van der Waals surface area contributed by atoms with Crippen molar-refractivity contribution in [3.63, 3.8) is 0 Å². The number of amides is 2. The topological polar surface area (TPSA) is 123 Å². The van der Waals surface area contributed by atoms with Gasteiger partial charge in [-0.2, -0.15) is 0 Å². The third-order valence-corrected chi connectivity index (χ3v) is 9.03. The predicted molar refractivity (Wildman–Crippen MR) is 174 cm³/mol.